The normalized spacial score (nSPS) is 18.5. The van der Waals surface area contributed by atoms with Crippen LogP contribution in [0.3, 0.4) is 0 Å². The van der Waals surface area contributed by atoms with Gasteiger partial charge >= 0.3 is 6.03 Å². The van der Waals surface area contributed by atoms with Gasteiger partial charge < -0.3 is 4.90 Å². The summed E-state index contributed by atoms with van der Waals surface area (Å²) in [5.74, 6) is 1.41. The number of halogens is 3. The Morgan fingerprint density at radius 2 is 1.75 bits per heavy atom. The number of nitrogens with zero attached hydrogens (tertiary/aromatic N) is 3. The molecule has 0 spiro atoms. The quantitative estimate of drug-likeness (QED) is 0.617. The topological polar surface area (TPSA) is 69.3 Å². The summed E-state index contributed by atoms with van der Waals surface area (Å²) in [5.41, 5.74) is -1.23. The summed E-state index contributed by atoms with van der Waals surface area (Å²) in [6, 6.07) is 6.65. The molecule has 32 heavy (non-hydrogen) atoms. The molecule has 1 atom stereocenters. The van der Waals surface area contributed by atoms with E-state index in [4.69, 9.17) is 0 Å². The minimum absolute atomic E-state index is 0.0685. The molecular weight excluding hydrogens is 421 g/mol. The van der Waals surface area contributed by atoms with Crippen molar-refractivity contribution in [2.45, 2.75) is 18.9 Å². The molecule has 1 aliphatic rings. The number of amides is 3. The van der Waals surface area contributed by atoms with E-state index >= 15 is 0 Å². The number of H-pyrrole nitrogens is 1. The van der Waals surface area contributed by atoms with Gasteiger partial charge in [0, 0.05) is 24.4 Å². The number of nitrogens with one attached hydrogen (secondary N) is 1. The molecule has 2 aromatic carbocycles. The van der Waals surface area contributed by atoms with E-state index in [1.54, 1.807) is 19.2 Å². The van der Waals surface area contributed by atoms with Crippen molar-refractivity contribution in [2.24, 2.45) is 0 Å². The third kappa shape index (κ3) is 3.50. The van der Waals surface area contributed by atoms with Crippen molar-refractivity contribution < 1.29 is 22.8 Å². The number of aromatic amines is 1. The Balaban J connectivity index is 1.68. The third-order valence-corrected chi connectivity index (χ3v) is 5.54. The van der Waals surface area contributed by atoms with E-state index in [0.29, 0.717) is 10.5 Å². The van der Waals surface area contributed by atoms with Crippen LogP contribution in [0.25, 0.3) is 0 Å². The minimum atomic E-state index is -1.13. The average Bonchev–Trinajstić information content (AvgIpc) is 3.29. The summed E-state index contributed by atoms with van der Waals surface area (Å²) in [6.45, 7) is 1.67. The zero-order valence-electron chi connectivity index (χ0n) is 17.1. The van der Waals surface area contributed by atoms with E-state index in [1.165, 1.54) is 36.3 Å². The molecule has 0 radical (unpaired) electrons. The molecule has 3 aromatic rings. The highest BCUT2D eigenvalue weighted by atomic mass is 19.1. The lowest BCUT2D eigenvalue weighted by molar-refractivity contribution is -0.122. The Morgan fingerprint density at radius 3 is 2.38 bits per heavy atom. The van der Waals surface area contributed by atoms with Gasteiger partial charge in [-0.05, 0) is 31.2 Å². The van der Waals surface area contributed by atoms with Crippen molar-refractivity contribution in [3.63, 3.8) is 0 Å². The number of hydrogen-bond donors (Lipinski definition) is 1. The molecule has 1 fully saturated rings. The van der Waals surface area contributed by atoms with Crippen LogP contribution in [0.15, 0.2) is 48.8 Å². The monoisotopic (exact) mass is 438 g/mol. The number of rotatable bonds is 2. The SMILES string of the molecule is CN1C(=O)N(c2c(F)cc(C#Cc3ccccc3F)cc2F)C(=O)C[C@@]1(C)c1cn[nH]c1. The lowest BCUT2D eigenvalue weighted by atomic mass is 9.87. The van der Waals surface area contributed by atoms with E-state index < -0.39 is 40.6 Å². The predicted octanol–water partition coefficient (Wildman–Crippen LogP) is 3.93. The average molecular weight is 438 g/mol. The van der Waals surface area contributed by atoms with Crippen molar-refractivity contribution in [1.29, 1.82) is 0 Å². The van der Waals surface area contributed by atoms with Gasteiger partial charge in [0.2, 0.25) is 5.91 Å². The van der Waals surface area contributed by atoms with Crippen LogP contribution in [0.4, 0.5) is 23.7 Å². The van der Waals surface area contributed by atoms with Gasteiger partial charge in [0.05, 0.1) is 23.7 Å². The van der Waals surface area contributed by atoms with Crippen molar-refractivity contribution >= 4 is 17.6 Å². The molecule has 4 rings (SSSR count). The number of imide groups is 1. The largest absolute Gasteiger partial charge is 0.332 e. The van der Waals surface area contributed by atoms with Crippen molar-refractivity contribution in [2.75, 3.05) is 11.9 Å². The Bertz CT molecular complexity index is 1260. The molecule has 3 amide bonds. The second-order valence-electron chi connectivity index (χ2n) is 7.53. The number of anilines is 1. The second-order valence-corrected chi connectivity index (χ2v) is 7.53. The molecule has 0 bridgehead atoms. The second kappa shape index (κ2) is 7.89. The van der Waals surface area contributed by atoms with Crippen LogP contribution >= 0.6 is 0 Å². The Hall–Kier alpha value is -4.06. The zero-order valence-corrected chi connectivity index (χ0v) is 17.1. The van der Waals surface area contributed by atoms with Gasteiger partial charge in [-0.2, -0.15) is 5.10 Å². The highest BCUT2D eigenvalue weighted by Crippen LogP contribution is 2.38. The molecule has 1 aromatic heterocycles. The van der Waals surface area contributed by atoms with E-state index in [0.717, 1.165) is 12.1 Å². The maximum absolute atomic E-state index is 14.9. The van der Waals surface area contributed by atoms with E-state index in [-0.39, 0.29) is 17.5 Å². The van der Waals surface area contributed by atoms with E-state index in [1.807, 2.05) is 0 Å². The van der Waals surface area contributed by atoms with Crippen molar-refractivity contribution in [1.82, 2.24) is 15.1 Å². The van der Waals surface area contributed by atoms with Gasteiger partial charge in [0.25, 0.3) is 0 Å². The smallest absolute Gasteiger partial charge is 0.317 e. The van der Waals surface area contributed by atoms with Gasteiger partial charge in [0.1, 0.15) is 11.5 Å². The molecule has 0 saturated carbocycles. The lowest BCUT2D eigenvalue weighted by Gasteiger charge is -2.45. The molecule has 0 aliphatic carbocycles. The summed E-state index contributed by atoms with van der Waals surface area (Å²) in [6.07, 6.45) is 2.83. The van der Waals surface area contributed by atoms with Gasteiger partial charge in [-0.1, -0.05) is 24.0 Å². The molecule has 1 N–H and O–H groups in total. The maximum atomic E-state index is 14.9. The zero-order chi connectivity index (χ0) is 23.0. The fraction of sp³-hybridized carbons (Fsp3) is 0.174. The van der Waals surface area contributed by atoms with Gasteiger partial charge in [0.15, 0.2) is 11.6 Å². The number of carbonyl (C=O) groups is 2. The summed E-state index contributed by atoms with van der Waals surface area (Å²) in [5, 5.41) is 6.47. The fourth-order valence-electron chi connectivity index (χ4n) is 3.57. The van der Waals surface area contributed by atoms with Crippen LogP contribution in [0, 0.1) is 29.3 Å². The van der Waals surface area contributed by atoms with E-state index in [9.17, 15) is 22.8 Å². The highest BCUT2D eigenvalue weighted by molar-refractivity contribution is 6.16. The van der Waals surface area contributed by atoms with Crippen LogP contribution in [0.2, 0.25) is 0 Å². The minimum Gasteiger partial charge on any atom is -0.317 e. The molecule has 0 unspecified atom stereocenters. The van der Waals surface area contributed by atoms with Crippen LogP contribution in [0.5, 0.6) is 0 Å². The summed E-state index contributed by atoms with van der Waals surface area (Å²) < 4.78 is 43.5. The van der Waals surface area contributed by atoms with Crippen LogP contribution in [-0.4, -0.2) is 34.1 Å². The number of hydrogen-bond acceptors (Lipinski definition) is 3. The first kappa shape index (κ1) is 21.2. The van der Waals surface area contributed by atoms with Crippen LogP contribution in [0.1, 0.15) is 30.0 Å². The maximum Gasteiger partial charge on any atom is 0.332 e. The number of benzene rings is 2. The van der Waals surface area contributed by atoms with Gasteiger partial charge in [-0.15, -0.1) is 0 Å². The molecule has 9 heteroatoms. The van der Waals surface area contributed by atoms with Crippen LogP contribution < -0.4 is 4.90 Å². The Labute approximate surface area is 181 Å². The first-order valence-corrected chi connectivity index (χ1v) is 9.58. The third-order valence-electron chi connectivity index (χ3n) is 5.54. The molecular formula is C23H17F3N4O2. The summed E-state index contributed by atoms with van der Waals surface area (Å²) in [7, 11) is 1.44. The summed E-state index contributed by atoms with van der Waals surface area (Å²) >= 11 is 0. The molecule has 2 heterocycles. The predicted molar refractivity (Wildman–Crippen MR) is 110 cm³/mol. The number of aromatic nitrogens is 2. The molecule has 1 saturated heterocycles. The first-order valence-electron chi connectivity index (χ1n) is 9.58. The first-order chi connectivity index (χ1) is 15.2. The Kier molecular flexibility index (Phi) is 5.22. The summed E-state index contributed by atoms with van der Waals surface area (Å²) in [4.78, 5) is 27.6. The fourth-order valence-corrected chi connectivity index (χ4v) is 3.57. The Morgan fingerprint density at radius 1 is 1.06 bits per heavy atom. The van der Waals surface area contributed by atoms with Crippen molar-refractivity contribution in [3.05, 3.63) is 82.9 Å². The number of urea groups is 1. The standard InChI is InChI=1S/C23H17F3N4O2/c1-23(16-12-27-28-13-16)11-20(31)30(22(32)29(23)2)21-18(25)9-14(10-19(21)26)7-8-15-5-3-4-6-17(15)24/h3-6,9-10,12-13H,11H2,1-2H3,(H,27,28)/t23-/m0/s1. The van der Waals surface area contributed by atoms with Crippen molar-refractivity contribution in [3.8, 4) is 11.8 Å². The molecule has 6 nitrogen and oxygen atoms in total. The molecule has 1 aliphatic heterocycles. The highest BCUT2D eigenvalue weighted by Gasteiger charge is 2.48. The van der Waals surface area contributed by atoms with Gasteiger partial charge in [-0.25, -0.2) is 22.9 Å². The molecule has 162 valence electrons. The van der Waals surface area contributed by atoms with Gasteiger partial charge in [-0.3, -0.25) is 9.89 Å². The number of carbonyl (C=O) groups excluding carboxylic acids is 2. The lowest BCUT2D eigenvalue weighted by Crippen LogP contribution is -2.60. The van der Waals surface area contributed by atoms with E-state index in [2.05, 4.69) is 22.0 Å². The van der Waals surface area contributed by atoms with Crippen LogP contribution in [-0.2, 0) is 10.3 Å².